The van der Waals surface area contributed by atoms with Gasteiger partial charge in [0.05, 0.1) is 11.8 Å². The molecule has 0 bridgehead atoms. The summed E-state index contributed by atoms with van der Waals surface area (Å²) in [7, 11) is 1.67. The van der Waals surface area contributed by atoms with Crippen LogP contribution in [0.2, 0.25) is 0 Å². The fraction of sp³-hybridized carbons (Fsp3) is 0.526. The molecular formula is C19H22N2O5. The summed E-state index contributed by atoms with van der Waals surface area (Å²) in [4.78, 5) is 40.2. The van der Waals surface area contributed by atoms with Crippen molar-refractivity contribution < 1.29 is 23.9 Å². The molecule has 0 N–H and O–H groups in total. The Balaban J connectivity index is 1.40. The molecule has 138 valence electrons. The number of imide groups is 1. The molecular weight excluding hydrogens is 336 g/mol. The van der Waals surface area contributed by atoms with Crippen LogP contribution in [0, 0.1) is 11.8 Å². The van der Waals surface area contributed by atoms with Crippen molar-refractivity contribution >= 4 is 17.7 Å². The SMILES string of the molecule is CN(Cc1ccc2c(c1)OCO2)C(=O)CN1C(=O)[C@H]2CCCC[C@@H]2C1=O. The van der Waals surface area contributed by atoms with Gasteiger partial charge in [0.15, 0.2) is 11.5 Å². The number of carbonyl (C=O) groups is 3. The minimum atomic E-state index is -0.247. The highest BCUT2D eigenvalue weighted by molar-refractivity contribution is 6.07. The van der Waals surface area contributed by atoms with E-state index in [1.54, 1.807) is 7.05 Å². The number of carbonyl (C=O) groups excluding carboxylic acids is 3. The van der Waals surface area contributed by atoms with E-state index in [1.807, 2.05) is 18.2 Å². The molecule has 1 aliphatic carbocycles. The summed E-state index contributed by atoms with van der Waals surface area (Å²) in [5, 5.41) is 0. The lowest BCUT2D eigenvalue weighted by atomic mass is 9.81. The molecule has 1 aromatic rings. The highest BCUT2D eigenvalue weighted by Crippen LogP contribution is 2.38. The average molecular weight is 358 g/mol. The van der Waals surface area contributed by atoms with Gasteiger partial charge in [0.25, 0.3) is 0 Å². The van der Waals surface area contributed by atoms with Gasteiger partial charge in [0, 0.05) is 13.6 Å². The van der Waals surface area contributed by atoms with E-state index in [-0.39, 0.29) is 42.9 Å². The second-order valence-corrected chi connectivity index (χ2v) is 7.20. The molecule has 0 aromatic heterocycles. The van der Waals surface area contributed by atoms with E-state index in [1.165, 1.54) is 9.80 Å². The van der Waals surface area contributed by atoms with Crippen LogP contribution in [0.15, 0.2) is 18.2 Å². The summed E-state index contributed by atoms with van der Waals surface area (Å²) < 4.78 is 10.6. The third-order valence-electron chi connectivity index (χ3n) is 5.51. The van der Waals surface area contributed by atoms with Gasteiger partial charge in [-0.2, -0.15) is 0 Å². The second kappa shape index (κ2) is 6.63. The first kappa shape index (κ1) is 16.9. The van der Waals surface area contributed by atoms with Crippen molar-refractivity contribution in [2.45, 2.75) is 32.2 Å². The number of hydrogen-bond donors (Lipinski definition) is 0. The maximum atomic E-state index is 12.6. The molecule has 1 saturated heterocycles. The average Bonchev–Trinajstić information content (AvgIpc) is 3.20. The zero-order valence-electron chi connectivity index (χ0n) is 14.8. The fourth-order valence-corrected chi connectivity index (χ4v) is 4.04. The number of likely N-dealkylation sites (N-methyl/N-ethyl adjacent to an activating group) is 1. The van der Waals surface area contributed by atoms with Gasteiger partial charge in [-0.1, -0.05) is 18.9 Å². The summed E-state index contributed by atoms with van der Waals surface area (Å²) in [5.74, 6) is 0.319. The molecule has 1 saturated carbocycles. The van der Waals surface area contributed by atoms with Crippen molar-refractivity contribution in [2.24, 2.45) is 11.8 Å². The van der Waals surface area contributed by atoms with Crippen LogP contribution in [-0.4, -0.2) is 47.9 Å². The van der Waals surface area contributed by atoms with Crippen molar-refractivity contribution in [3.63, 3.8) is 0 Å². The molecule has 4 rings (SSSR count). The standard InChI is InChI=1S/C19H22N2O5/c1-20(9-12-6-7-15-16(8-12)26-11-25-15)17(22)10-21-18(23)13-4-2-3-5-14(13)19(21)24/h6-8,13-14H,2-5,9-11H2,1H3/t13-,14-/m0/s1. The van der Waals surface area contributed by atoms with Gasteiger partial charge in [0.2, 0.25) is 24.5 Å². The second-order valence-electron chi connectivity index (χ2n) is 7.20. The number of nitrogens with zero attached hydrogens (tertiary/aromatic N) is 2. The van der Waals surface area contributed by atoms with Gasteiger partial charge in [-0.25, -0.2) is 0 Å². The summed E-state index contributed by atoms with van der Waals surface area (Å²) in [5.41, 5.74) is 0.901. The number of fused-ring (bicyclic) bond motifs is 2. The number of ether oxygens (including phenoxy) is 2. The minimum Gasteiger partial charge on any atom is -0.454 e. The molecule has 2 atom stereocenters. The Morgan fingerprint density at radius 3 is 2.46 bits per heavy atom. The Morgan fingerprint density at radius 1 is 1.12 bits per heavy atom. The van der Waals surface area contributed by atoms with E-state index >= 15 is 0 Å². The molecule has 2 fully saturated rings. The van der Waals surface area contributed by atoms with Crippen molar-refractivity contribution in [1.82, 2.24) is 9.80 Å². The van der Waals surface area contributed by atoms with Crippen molar-refractivity contribution in [2.75, 3.05) is 20.4 Å². The van der Waals surface area contributed by atoms with E-state index in [0.29, 0.717) is 18.0 Å². The molecule has 1 aromatic carbocycles. The lowest BCUT2D eigenvalue weighted by molar-refractivity contribution is -0.146. The third-order valence-corrected chi connectivity index (χ3v) is 5.51. The van der Waals surface area contributed by atoms with Crippen LogP contribution in [-0.2, 0) is 20.9 Å². The summed E-state index contributed by atoms with van der Waals surface area (Å²) in [6.45, 7) is 0.402. The van der Waals surface area contributed by atoms with Gasteiger partial charge >= 0.3 is 0 Å². The molecule has 2 aliphatic heterocycles. The van der Waals surface area contributed by atoms with Crippen molar-refractivity contribution in [3.8, 4) is 11.5 Å². The molecule has 0 spiro atoms. The van der Waals surface area contributed by atoms with Gasteiger partial charge in [-0.05, 0) is 30.5 Å². The Morgan fingerprint density at radius 2 is 1.77 bits per heavy atom. The largest absolute Gasteiger partial charge is 0.454 e. The quantitative estimate of drug-likeness (QED) is 0.764. The minimum absolute atomic E-state index is 0.175. The van der Waals surface area contributed by atoms with E-state index in [0.717, 1.165) is 31.2 Å². The summed E-state index contributed by atoms with van der Waals surface area (Å²) >= 11 is 0. The van der Waals surface area contributed by atoms with Crippen LogP contribution in [0.25, 0.3) is 0 Å². The Labute approximate surface area is 151 Å². The van der Waals surface area contributed by atoms with E-state index in [2.05, 4.69) is 0 Å². The van der Waals surface area contributed by atoms with Crippen molar-refractivity contribution in [3.05, 3.63) is 23.8 Å². The molecule has 2 heterocycles. The van der Waals surface area contributed by atoms with Crippen LogP contribution >= 0.6 is 0 Å². The Bertz CT molecular complexity index is 738. The number of amides is 3. The zero-order valence-corrected chi connectivity index (χ0v) is 14.8. The summed E-state index contributed by atoms with van der Waals surface area (Å²) in [6.07, 6.45) is 3.47. The summed E-state index contributed by atoms with van der Waals surface area (Å²) in [6, 6.07) is 5.53. The van der Waals surface area contributed by atoms with E-state index < -0.39 is 0 Å². The Kier molecular flexibility index (Phi) is 4.30. The van der Waals surface area contributed by atoms with Crippen LogP contribution in [0.5, 0.6) is 11.5 Å². The van der Waals surface area contributed by atoms with Gasteiger partial charge < -0.3 is 14.4 Å². The van der Waals surface area contributed by atoms with Crippen molar-refractivity contribution in [1.29, 1.82) is 0 Å². The molecule has 0 radical (unpaired) electrons. The lowest BCUT2D eigenvalue weighted by Gasteiger charge is -2.21. The molecule has 3 aliphatic rings. The topological polar surface area (TPSA) is 76.2 Å². The third kappa shape index (κ3) is 2.91. The smallest absolute Gasteiger partial charge is 0.242 e. The number of likely N-dealkylation sites (tertiary alicyclic amines) is 1. The molecule has 26 heavy (non-hydrogen) atoms. The van der Waals surface area contributed by atoms with Crippen LogP contribution in [0.1, 0.15) is 31.2 Å². The monoisotopic (exact) mass is 358 g/mol. The first-order chi connectivity index (χ1) is 12.5. The number of rotatable bonds is 4. The van der Waals surface area contributed by atoms with Crippen LogP contribution < -0.4 is 9.47 Å². The number of hydrogen-bond acceptors (Lipinski definition) is 5. The van der Waals surface area contributed by atoms with E-state index in [9.17, 15) is 14.4 Å². The first-order valence-electron chi connectivity index (χ1n) is 9.02. The fourth-order valence-electron chi connectivity index (χ4n) is 4.04. The molecule has 0 unspecified atom stereocenters. The van der Waals surface area contributed by atoms with E-state index in [4.69, 9.17) is 9.47 Å². The first-order valence-corrected chi connectivity index (χ1v) is 9.02. The molecule has 7 nitrogen and oxygen atoms in total. The lowest BCUT2D eigenvalue weighted by Crippen LogP contribution is -2.41. The highest BCUT2D eigenvalue weighted by atomic mass is 16.7. The molecule has 3 amide bonds. The predicted molar refractivity (Wildman–Crippen MR) is 91.2 cm³/mol. The predicted octanol–water partition coefficient (Wildman–Crippen LogP) is 1.55. The maximum Gasteiger partial charge on any atom is 0.242 e. The Hall–Kier alpha value is -2.57. The van der Waals surface area contributed by atoms with Gasteiger partial charge in [0.1, 0.15) is 6.54 Å². The number of benzene rings is 1. The van der Waals surface area contributed by atoms with Crippen LogP contribution in [0.3, 0.4) is 0 Å². The highest BCUT2D eigenvalue weighted by Gasteiger charge is 2.48. The molecule has 7 heteroatoms. The zero-order chi connectivity index (χ0) is 18.3. The van der Waals surface area contributed by atoms with Crippen LogP contribution in [0.4, 0.5) is 0 Å². The van der Waals surface area contributed by atoms with Gasteiger partial charge in [-0.15, -0.1) is 0 Å². The maximum absolute atomic E-state index is 12.6. The normalized spacial score (nSPS) is 24.0. The van der Waals surface area contributed by atoms with Gasteiger partial charge in [-0.3, -0.25) is 19.3 Å².